The Bertz CT molecular complexity index is 504. The van der Waals surface area contributed by atoms with Crippen LogP contribution in [0.5, 0.6) is 0 Å². The van der Waals surface area contributed by atoms with E-state index in [2.05, 4.69) is 4.98 Å². The summed E-state index contributed by atoms with van der Waals surface area (Å²) in [7, 11) is 0. The molecule has 0 bridgehead atoms. The van der Waals surface area contributed by atoms with Gasteiger partial charge in [-0.1, -0.05) is 18.2 Å². The number of aliphatic hydroxyl groups excluding tert-OH is 1. The Morgan fingerprint density at radius 3 is 3.00 bits per heavy atom. The van der Waals surface area contributed by atoms with Gasteiger partial charge in [0.2, 0.25) is 0 Å². The zero-order chi connectivity index (χ0) is 11.5. The normalized spacial score (nSPS) is 12.6. The molecule has 4 nitrogen and oxygen atoms in total. The molecule has 4 heteroatoms. The van der Waals surface area contributed by atoms with Crippen molar-refractivity contribution in [2.45, 2.75) is 13.0 Å². The van der Waals surface area contributed by atoms with Crippen molar-refractivity contribution < 1.29 is 14.6 Å². The van der Waals surface area contributed by atoms with Gasteiger partial charge in [0.15, 0.2) is 6.10 Å². The third-order valence-corrected chi connectivity index (χ3v) is 2.43. The fourth-order valence-electron chi connectivity index (χ4n) is 1.67. The second kappa shape index (κ2) is 4.37. The van der Waals surface area contributed by atoms with Crippen LogP contribution in [0, 0.1) is 0 Å². The summed E-state index contributed by atoms with van der Waals surface area (Å²) in [6.45, 7) is 1.97. The van der Waals surface area contributed by atoms with Crippen LogP contribution in [0.3, 0.4) is 0 Å². The zero-order valence-electron chi connectivity index (χ0n) is 8.93. The molecule has 1 aromatic heterocycles. The number of aliphatic hydroxyl groups is 1. The van der Waals surface area contributed by atoms with E-state index in [1.165, 1.54) is 0 Å². The van der Waals surface area contributed by atoms with Crippen molar-refractivity contribution in [3.05, 3.63) is 36.0 Å². The number of H-pyrrole nitrogens is 1. The van der Waals surface area contributed by atoms with Crippen LogP contribution in [0.1, 0.15) is 18.6 Å². The SMILES string of the molecule is CCOC(=O)C(O)c1c[nH]c2ccccc12. The molecule has 2 N–H and O–H groups in total. The van der Waals surface area contributed by atoms with Gasteiger partial charge >= 0.3 is 5.97 Å². The van der Waals surface area contributed by atoms with E-state index in [1.54, 1.807) is 13.1 Å². The summed E-state index contributed by atoms with van der Waals surface area (Å²) in [5.74, 6) is -0.618. The first-order valence-electron chi connectivity index (χ1n) is 5.14. The van der Waals surface area contributed by atoms with Gasteiger partial charge in [-0.05, 0) is 13.0 Å². The number of carbonyl (C=O) groups is 1. The summed E-state index contributed by atoms with van der Waals surface area (Å²) in [6.07, 6.45) is 0.405. The van der Waals surface area contributed by atoms with Crippen LogP contribution in [0.25, 0.3) is 10.9 Å². The lowest BCUT2D eigenvalue weighted by molar-refractivity contribution is -0.153. The van der Waals surface area contributed by atoms with E-state index in [0.717, 1.165) is 10.9 Å². The minimum absolute atomic E-state index is 0.262. The van der Waals surface area contributed by atoms with Gasteiger partial charge in [0.25, 0.3) is 0 Å². The van der Waals surface area contributed by atoms with Crippen LogP contribution in [0.4, 0.5) is 0 Å². The van der Waals surface area contributed by atoms with Crippen LogP contribution in [0.2, 0.25) is 0 Å². The van der Waals surface area contributed by atoms with Crippen LogP contribution in [-0.2, 0) is 9.53 Å². The molecular formula is C12H13NO3. The van der Waals surface area contributed by atoms with Crippen LogP contribution < -0.4 is 0 Å². The molecule has 0 aliphatic heterocycles. The number of hydrogen-bond donors (Lipinski definition) is 2. The average molecular weight is 219 g/mol. The molecule has 0 spiro atoms. The van der Waals surface area contributed by atoms with E-state index in [1.807, 2.05) is 24.3 Å². The number of rotatable bonds is 3. The summed E-state index contributed by atoms with van der Waals surface area (Å²) < 4.78 is 4.77. The summed E-state index contributed by atoms with van der Waals surface area (Å²) in [5.41, 5.74) is 1.44. The lowest BCUT2D eigenvalue weighted by Crippen LogP contribution is -2.14. The highest BCUT2D eigenvalue weighted by Gasteiger charge is 2.21. The van der Waals surface area contributed by atoms with Gasteiger partial charge < -0.3 is 14.8 Å². The van der Waals surface area contributed by atoms with Crippen LogP contribution in [-0.4, -0.2) is 22.7 Å². The Kier molecular flexibility index (Phi) is 2.92. The van der Waals surface area contributed by atoms with E-state index in [0.29, 0.717) is 5.56 Å². The van der Waals surface area contributed by atoms with Gasteiger partial charge in [-0.2, -0.15) is 0 Å². The Morgan fingerprint density at radius 2 is 2.25 bits per heavy atom. The number of aromatic amines is 1. The molecule has 2 aromatic rings. The van der Waals surface area contributed by atoms with Crippen molar-refractivity contribution in [2.75, 3.05) is 6.61 Å². The Hall–Kier alpha value is -1.81. The van der Waals surface area contributed by atoms with Crippen LogP contribution >= 0.6 is 0 Å². The molecule has 1 heterocycles. The standard InChI is InChI=1S/C12H13NO3/c1-2-16-12(15)11(14)9-7-13-10-6-4-3-5-8(9)10/h3-7,11,13-14H,2H2,1H3. The predicted molar refractivity (Wildman–Crippen MR) is 59.9 cm³/mol. The number of esters is 1. The Morgan fingerprint density at radius 1 is 1.50 bits per heavy atom. The number of benzene rings is 1. The van der Waals surface area contributed by atoms with E-state index >= 15 is 0 Å². The maximum Gasteiger partial charge on any atom is 0.339 e. The molecule has 0 amide bonds. The summed E-state index contributed by atoms with van der Waals surface area (Å²) in [5, 5.41) is 10.6. The number of ether oxygens (including phenoxy) is 1. The first-order valence-corrected chi connectivity index (χ1v) is 5.14. The fourth-order valence-corrected chi connectivity index (χ4v) is 1.67. The number of hydrogen-bond acceptors (Lipinski definition) is 3. The topological polar surface area (TPSA) is 62.3 Å². The third-order valence-electron chi connectivity index (χ3n) is 2.43. The van der Waals surface area contributed by atoms with Crippen LogP contribution in [0.15, 0.2) is 30.5 Å². The Balaban J connectivity index is 2.36. The second-order valence-corrected chi connectivity index (χ2v) is 3.44. The molecule has 84 valence electrons. The molecular weight excluding hydrogens is 206 g/mol. The van der Waals surface area contributed by atoms with Gasteiger partial charge in [-0.25, -0.2) is 4.79 Å². The maximum atomic E-state index is 11.4. The van der Waals surface area contributed by atoms with Gasteiger partial charge in [-0.3, -0.25) is 0 Å². The quantitative estimate of drug-likeness (QED) is 0.773. The average Bonchev–Trinajstić information content (AvgIpc) is 2.72. The molecule has 1 unspecified atom stereocenters. The van der Waals surface area contributed by atoms with Gasteiger partial charge in [0.05, 0.1) is 6.61 Å². The largest absolute Gasteiger partial charge is 0.464 e. The fraction of sp³-hybridized carbons (Fsp3) is 0.250. The van der Waals surface area contributed by atoms with E-state index < -0.39 is 12.1 Å². The summed E-state index contributed by atoms with van der Waals surface area (Å²) in [4.78, 5) is 14.4. The molecule has 16 heavy (non-hydrogen) atoms. The monoisotopic (exact) mass is 219 g/mol. The first-order chi connectivity index (χ1) is 7.74. The van der Waals surface area contributed by atoms with Crippen molar-refractivity contribution in [1.82, 2.24) is 4.98 Å². The molecule has 0 fully saturated rings. The molecule has 0 saturated heterocycles. The Labute approximate surface area is 92.9 Å². The number of aromatic nitrogens is 1. The molecule has 2 rings (SSSR count). The summed E-state index contributed by atoms with van der Waals surface area (Å²) in [6, 6.07) is 7.48. The molecule has 0 aliphatic rings. The highest BCUT2D eigenvalue weighted by molar-refractivity contribution is 5.88. The van der Waals surface area contributed by atoms with Gasteiger partial charge in [-0.15, -0.1) is 0 Å². The lowest BCUT2D eigenvalue weighted by Gasteiger charge is -2.08. The number of carbonyl (C=O) groups excluding carboxylic acids is 1. The number of para-hydroxylation sites is 1. The molecule has 1 atom stereocenters. The highest BCUT2D eigenvalue weighted by Crippen LogP contribution is 2.24. The van der Waals surface area contributed by atoms with E-state index in [-0.39, 0.29) is 6.61 Å². The molecule has 0 radical (unpaired) electrons. The minimum Gasteiger partial charge on any atom is -0.464 e. The van der Waals surface area contributed by atoms with Crippen molar-refractivity contribution in [3.63, 3.8) is 0 Å². The summed E-state index contributed by atoms with van der Waals surface area (Å²) >= 11 is 0. The predicted octanol–water partition coefficient (Wildman–Crippen LogP) is 1.76. The lowest BCUT2D eigenvalue weighted by atomic mass is 10.1. The van der Waals surface area contributed by atoms with E-state index in [4.69, 9.17) is 4.74 Å². The van der Waals surface area contributed by atoms with E-state index in [9.17, 15) is 9.90 Å². The highest BCUT2D eigenvalue weighted by atomic mass is 16.5. The van der Waals surface area contributed by atoms with Crippen molar-refractivity contribution >= 4 is 16.9 Å². The second-order valence-electron chi connectivity index (χ2n) is 3.44. The number of fused-ring (bicyclic) bond motifs is 1. The molecule has 0 saturated carbocycles. The zero-order valence-corrected chi connectivity index (χ0v) is 8.93. The van der Waals surface area contributed by atoms with Crippen molar-refractivity contribution in [3.8, 4) is 0 Å². The van der Waals surface area contributed by atoms with Gasteiger partial charge in [0.1, 0.15) is 0 Å². The molecule has 0 aliphatic carbocycles. The first kappa shape index (κ1) is 10.7. The molecule has 1 aromatic carbocycles. The maximum absolute atomic E-state index is 11.4. The number of nitrogens with one attached hydrogen (secondary N) is 1. The van der Waals surface area contributed by atoms with Gasteiger partial charge in [0, 0.05) is 22.7 Å². The smallest absolute Gasteiger partial charge is 0.339 e. The minimum atomic E-state index is -1.23. The third kappa shape index (κ3) is 1.79. The van der Waals surface area contributed by atoms with Crippen molar-refractivity contribution in [2.24, 2.45) is 0 Å². The van der Waals surface area contributed by atoms with Crippen molar-refractivity contribution in [1.29, 1.82) is 0 Å².